The lowest BCUT2D eigenvalue weighted by Gasteiger charge is -2.48. The first-order valence-corrected chi connectivity index (χ1v) is 10.7. The van der Waals surface area contributed by atoms with Crippen molar-refractivity contribution >= 4 is 17.0 Å². The molecule has 5 rings (SSSR count). The zero-order chi connectivity index (χ0) is 25.0. The first kappa shape index (κ1) is 22.8. The van der Waals surface area contributed by atoms with Gasteiger partial charge in [0.25, 0.3) is 0 Å². The Balaban J connectivity index is 1.71. The van der Waals surface area contributed by atoms with Crippen molar-refractivity contribution in [2.45, 2.75) is 18.1 Å². The molecule has 1 aliphatic rings. The number of aromatic nitrogens is 3. The average molecular weight is 485 g/mol. The van der Waals surface area contributed by atoms with Crippen LogP contribution in [0.4, 0.5) is 13.2 Å². The van der Waals surface area contributed by atoms with E-state index in [-0.39, 0.29) is 29.0 Å². The van der Waals surface area contributed by atoms with Gasteiger partial charge in [-0.2, -0.15) is 13.2 Å². The minimum atomic E-state index is -4.60. The minimum absolute atomic E-state index is 0.211. The number of ether oxygens (including phenoxy) is 1. The molecular formula is C24H20F3N4O4+. The van der Waals surface area contributed by atoms with Gasteiger partial charge in [0.05, 0.1) is 31.8 Å². The number of quaternary nitrogens is 1. The van der Waals surface area contributed by atoms with E-state index in [0.717, 1.165) is 12.3 Å². The average Bonchev–Trinajstić information content (AvgIpc) is 3.21. The maximum Gasteiger partial charge on any atom is 0.433 e. The molecule has 0 spiro atoms. The molecule has 180 valence electrons. The lowest BCUT2D eigenvalue weighted by molar-refractivity contribution is -0.867. The van der Waals surface area contributed by atoms with Gasteiger partial charge in [-0.1, -0.05) is 0 Å². The van der Waals surface area contributed by atoms with Crippen molar-refractivity contribution in [2.75, 3.05) is 20.7 Å². The van der Waals surface area contributed by atoms with Crippen molar-refractivity contribution in [3.63, 3.8) is 0 Å². The van der Waals surface area contributed by atoms with E-state index in [4.69, 9.17) is 9.15 Å². The molecule has 1 unspecified atom stereocenters. The van der Waals surface area contributed by atoms with Crippen molar-refractivity contribution in [2.24, 2.45) is 0 Å². The highest BCUT2D eigenvalue weighted by molar-refractivity contribution is 5.93. The number of rotatable bonds is 3. The van der Waals surface area contributed by atoms with Crippen LogP contribution in [0.1, 0.15) is 33.7 Å². The Morgan fingerprint density at radius 3 is 2.66 bits per heavy atom. The van der Waals surface area contributed by atoms with E-state index in [2.05, 4.69) is 15.0 Å². The number of benzene rings is 1. The van der Waals surface area contributed by atoms with Gasteiger partial charge in [0.2, 0.25) is 0 Å². The lowest BCUT2D eigenvalue weighted by atomic mass is 9.78. The van der Waals surface area contributed by atoms with Gasteiger partial charge in [-0.15, -0.1) is 0 Å². The number of amides is 1. The summed E-state index contributed by atoms with van der Waals surface area (Å²) >= 11 is 0. The number of pyridine rings is 2. The molecule has 0 bridgehead atoms. The van der Waals surface area contributed by atoms with Crippen LogP contribution >= 0.6 is 0 Å². The van der Waals surface area contributed by atoms with Crippen LogP contribution in [0, 0.1) is 0 Å². The van der Waals surface area contributed by atoms with Crippen molar-refractivity contribution in [1.29, 1.82) is 0 Å². The predicted octanol–water partition coefficient (Wildman–Crippen LogP) is 3.87. The molecule has 11 heteroatoms. The molecule has 1 N–H and O–H groups in total. The van der Waals surface area contributed by atoms with Crippen LogP contribution < -0.4 is 10.5 Å². The van der Waals surface area contributed by atoms with Crippen LogP contribution in [0.2, 0.25) is 0 Å². The molecule has 8 nitrogen and oxygen atoms in total. The maximum atomic E-state index is 14.0. The van der Waals surface area contributed by atoms with Gasteiger partial charge in [0.15, 0.2) is 11.1 Å². The number of hydrogen-bond donors (Lipinski definition) is 1. The third-order valence-corrected chi connectivity index (χ3v) is 6.54. The topological polar surface area (TPSA) is 98.1 Å². The summed E-state index contributed by atoms with van der Waals surface area (Å²) in [5.41, 5.74) is -0.484. The van der Waals surface area contributed by atoms with E-state index in [1.165, 1.54) is 18.2 Å². The molecule has 4 aromatic rings. The number of carbonyl (C=O) groups excluding carboxylic acids is 1. The van der Waals surface area contributed by atoms with Gasteiger partial charge >= 0.3 is 17.8 Å². The number of fused-ring (bicyclic) bond motifs is 2. The second-order valence-corrected chi connectivity index (χ2v) is 8.72. The molecule has 0 fully saturated rings. The second-order valence-electron chi connectivity index (χ2n) is 8.72. The van der Waals surface area contributed by atoms with Crippen LogP contribution in [0.3, 0.4) is 0 Å². The number of carbonyl (C=O) groups is 1. The molecule has 0 aliphatic carbocycles. The zero-order valence-corrected chi connectivity index (χ0v) is 18.7. The molecule has 0 radical (unpaired) electrons. The van der Waals surface area contributed by atoms with E-state index in [9.17, 15) is 22.8 Å². The molecule has 0 saturated heterocycles. The fraction of sp³-hybridized carbons (Fsp3) is 0.250. The van der Waals surface area contributed by atoms with E-state index in [0.29, 0.717) is 28.1 Å². The predicted molar refractivity (Wildman–Crippen MR) is 118 cm³/mol. The van der Waals surface area contributed by atoms with Crippen LogP contribution in [-0.2, 0) is 11.7 Å². The number of aromatic amines is 1. The molecule has 35 heavy (non-hydrogen) atoms. The standard InChI is InChI=1S/C24H19F3N4O4/c1-31(2,21(32)14-5-7-17-16(12-14)30-22(33)35-17)23(9-11-34-18-4-3-10-28-20(18)23)15-6-8-19(29-13-15)24(25,26)27/h3-8,10,12-13H,9,11H2,1-2H3/p+1. The van der Waals surface area contributed by atoms with Crippen LogP contribution in [0.15, 0.2) is 64.1 Å². The van der Waals surface area contributed by atoms with Crippen LogP contribution in [-0.4, -0.2) is 46.0 Å². The van der Waals surface area contributed by atoms with Crippen molar-refractivity contribution in [3.8, 4) is 5.75 Å². The van der Waals surface area contributed by atoms with Gasteiger partial charge in [-0.05, 0) is 42.5 Å². The fourth-order valence-electron chi connectivity index (χ4n) is 4.78. The van der Waals surface area contributed by atoms with E-state index in [1.807, 2.05) is 0 Å². The molecule has 3 aromatic heterocycles. The van der Waals surface area contributed by atoms with Crippen molar-refractivity contribution in [1.82, 2.24) is 15.0 Å². The van der Waals surface area contributed by atoms with Crippen LogP contribution in [0.5, 0.6) is 5.75 Å². The summed E-state index contributed by atoms with van der Waals surface area (Å²) in [5.74, 6) is -0.562. The van der Waals surface area contributed by atoms with Gasteiger partial charge in [0, 0.05) is 24.4 Å². The highest BCUT2D eigenvalue weighted by Gasteiger charge is 2.57. The lowest BCUT2D eigenvalue weighted by Crippen LogP contribution is -2.63. The van der Waals surface area contributed by atoms with Gasteiger partial charge in [0.1, 0.15) is 17.1 Å². The quantitative estimate of drug-likeness (QED) is 0.443. The molecule has 1 atom stereocenters. The second kappa shape index (κ2) is 7.77. The van der Waals surface area contributed by atoms with E-state index < -0.39 is 23.2 Å². The molecule has 1 amide bonds. The summed E-state index contributed by atoms with van der Waals surface area (Å²) in [6.45, 7) is 0.211. The number of H-pyrrole nitrogens is 1. The Kier molecular flexibility index (Phi) is 5.06. The summed E-state index contributed by atoms with van der Waals surface area (Å²) in [7, 11) is 3.35. The van der Waals surface area contributed by atoms with Gasteiger partial charge in [-0.3, -0.25) is 15.0 Å². The van der Waals surface area contributed by atoms with E-state index in [1.54, 1.807) is 38.5 Å². The van der Waals surface area contributed by atoms with Crippen LogP contribution in [0.25, 0.3) is 11.1 Å². The fourth-order valence-corrected chi connectivity index (χ4v) is 4.78. The molecule has 1 aliphatic heterocycles. The number of hydrogen-bond acceptors (Lipinski definition) is 6. The third-order valence-electron chi connectivity index (χ3n) is 6.54. The van der Waals surface area contributed by atoms with Crippen molar-refractivity contribution in [3.05, 3.63) is 87.9 Å². The van der Waals surface area contributed by atoms with Crippen molar-refractivity contribution < 1.29 is 31.6 Å². The Hall–Kier alpha value is -3.99. The third kappa shape index (κ3) is 3.50. The summed E-state index contributed by atoms with van der Waals surface area (Å²) in [5, 5.41) is 0. The van der Waals surface area contributed by atoms with Gasteiger partial charge < -0.3 is 9.15 Å². The number of oxazole rings is 1. The number of alkyl halides is 3. The molecule has 0 saturated carbocycles. The molecule has 1 aromatic carbocycles. The van der Waals surface area contributed by atoms with Gasteiger partial charge in [-0.25, -0.2) is 14.1 Å². The number of halogens is 3. The Labute approximate surface area is 196 Å². The maximum absolute atomic E-state index is 14.0. The normalized spacial score (nSPS) is 18.2. The van der Waals surface area contributed by atoms with E-state index >= 15 is 0 Å². The highest BCUT2D eigenvalue weighted by Crippen LogP contribution is 2.48. The summed E-state index contributed by atoms with van der Waals surface area (Å²) in [6.07, 6.45) is -1.65. The Morgan fingerprint density at radius 2 is 1.94 bits per heavy atom. The SMILES string of the molecule is C[N+](C)(C(=O)c1ccc2oc(=O)[nH]c2c1)C1(c2ccc(C(F)(F)F)nc2)CCOc2cccnc21. The highest BCUT2D eigenvalue weighted by atomic mass is 19.4. The Morgan fingerprint density at radius 1 is 1.14 bits per heavy atom. The molecule has 4 heterocycles. The first-order valence-electron chi connectivity index (χ1n) is 10.7. The molecular weight excluding hydrogens is 465 g/mol. The monoisotopic (exact) mass is 485 g/mol. The number of nitrogens with zero attached hydrogens (tertiary/aromatic N) is 3. The Bertz CT molecular complexity index is 1490. The number of nitrogens with one attached hydrogen (secondary N) is 1. The summed E-state index contributed by atoms with van der Waals surface area (Å²) in [4.78, 5) is 36.3. The largest absolute Gasteiger partial charge is 0.491 e. The first-order chi connectivity index (χ1) is 16.5. The summed E-state index contributed by atoms with van der Waals surface area (Å²) < 4.78 is 50.1. The smallest absolute Gasteiger partial charge is 0.433 e. The summed E-state index contributed by atoms with van der Waals surface area (Å²) in [6, 6.07) is 10.2. The zero-order valence-electron chi connectivity index (χ0n) is 18.7. The minimum Gasteiger partial charge on any atom is -0.491 e.